The van der Waals surface area contributed by atoms with Gasteiger partial charge in [-0.25, -0.2) is 0 Å². The number of nitrogens with zero attached hydrogens (tertiary/aromatic N) is 2. The van der Waals surface area contributed by atoms with Crippen LogP contribution in [0.3, 0.4) is 0 Å². The van der Waals surface area contributed by atoms with E-state index in [1.165, 1.54) is 63.7 Å². The number of hydrogen-bond donors (Lipinski definition) is 0. The minimum Gasteiger partial charge on any atom is -0.299 e. The summed E-state index contributed by atoms with van der Waals surface area (Å²) in [4.78, 5) is 5.63. The lowest BCUT2D eigenvalue weighted by molar-refractivity contribution is 0.00203. The number of likely N-dealkylation sites (tertiary alicyclic amines) is 1. The number of fused-ring (bicyclic) bond motifs is 6. The highest BCUT2D eigenvalue weighted by Crippen LogP contribution is 2.44. The minimum absolute atomic E-state index is 0.711. The van der Waals surface area contributed by atoms with E-state index >= 15 is 0 Å². The largest absolute Gasteiger partial charge is 0.299 e. The molecule has 2 bridgehead atoms. The van der Waals surface area contributed by atoms with E-state index in [-0.39, 0.29) is 0 Å². The summed E-state index contributed by atoms with van der Waals surface area (Å²) in [5.74, 6) is 1.71. The lowest BCUT2D eigenvalue weighted by Crippen LogP contribution is -2.59. The Labute approximate surface area is 158 Å². The molecule has 0 saturated carbocycles. The van der Waals surface area contributed by atoms with E-state index in [2.05, 4.69) is 58.4 Å². The van der Waals surface area contributed by atoms with Crippen LogP contribution < -0.4 is 0 Å². The second-order valence-electron chi connectivity index (χ2n) is 8.82. The van der Waals surface area contributed by atoms with Crippen molar-refractivity contribution in [2.75, 3.05) is 26.2 Å². The normalized spacial score (nSPS) is 35.0. The van der Waals surface area contributed by atoms with Crippen molar-refractivity contribution in [3.05, 3.63) is 53.6 Å². The Morgan fingerprint density at radius 2 is 1.96 bits per heavy atom. The smallest absolute Gasteiger partial charge is 0.0351 e. The number of hydrogen-bond acceptors (Lipinski definition) is 2. The lowest BCUT2D eigenvalue weighted by atomic mass is 9.68. The van der Waals surface area contributed by atoms with E-state index in [1.807, 2.05) is 0 Å². The van der Waals surface area contributed by atoms with Crippen LogP contribution in [0.25, 0.3) is 6.08 Å². The standard InChI is InChI=1S/C24H32N2/c1-2-8-19(9-3-1)10-6-14-25-15-7-11-20-16-21-17-22(24(20)25)18-26-13-5-4-12-23(21)26/h1-3,6,8-10,16,21-24H,4-5,7,11-15,17-18H2/b10-6+/t21-,22-,23+,24+/m0/s1. The van der Waals surface area contributed by atoms with Crippen LogP contribution in [0.2, 0.25) is 0 Å². The van der Waals surface area contributed by atoms with Crippen molar-refractivity contribution in [1.29, 1.82) is 0 Å². The summed E-state index contributed by atoms with van der Waals surface area (Å²) < 4.78 is 0. The van der Waals surface area contributed by atoms with Crippen molar-refractivity contribution in [3.8, 4) is 0 Å². The van der Waals surface area contributed by atoms with E-state index in [0.717, 1.165) is 24.4 Å². The molecule has 0 spiro atoms. The number of benzene rings is 1. The predicted molar refractivity (Wildman–Crippen MR) is 109 cm³/mol. The molecule has 0 aromatic heterocycles. The molecule has 4 aliphatic rings. The molecule has 0 N–H and O–H groups in total. The molecule has 2 heteroatoms. The van der Waals surface area contributed by atoms with E-state index in [1.54, 1.807) is 5.57 Å². The van der Waals surface area contributed by atoms with Gasteiger partial charge < -0.3 is 0 Å². The fourth-order valence-electron chi connectivity index (χ4n) is 6.18. The van der Waals surface area contributed by atoms with E-state index in [4.69, 9.17) is 0 Å². The van der Waals surface area contributed by atoms with Gasteiger partial charge in [0.15, 0.2) is 0 Å². The third kappa shape index (κ3) is 3.18. The molecule has 3 aliphatic heterocycles. The first-order valence-corrected chi connectivity index (χ1v) is 10.8. The van der Waals surface area contributed by atoms with Gasteiger partial charge in [0.05, 0.1) is 0 Å². The Hall–Kier alpha value is -1.38. The molecule has 0 radical (unpaired) electrons. The maximum absolute atomic E-state index is 2.85. The van der Waals surface area contributed by atoms with Crippen LogP contribution in [-0.2, 0) is 0 Å². The van der Waals surface area contributed by atoms with Crippen molar-refractivity contribution < 1.29 is 0 Å². The average molecular weight is 349 g/mol. The van der Waals surface area contributed by atoms with Crippen LogP contribution >= 0.6 is 0 Å². The van der Waals surface area contributed by atoms with Crippen LogP contribution in [0.15, 0.2) is 48.1 Å². The molecule has 3 saturated heterocycles. The third-order valence-corrected chi connectivity index (χ3v) is 7.21. The van der Waals surface area contributed by atoms with Gasteiger partial charge in [-0.2, -0.15) is 0 Å². The Morgan fingerprint density at radius 1 is 1.04 bits per heavy atom. The molecule has 1 aliphatic carbocycles. The molecular weight excluding hydrogens is 316 g/mol. The van der Waals surface area contributed by atoms with Crippen LogP contribution in [0.4, 0.5) is 0 Å². The van der Waals surface area contributed by atoms with Crippen molar-refractivity contribution >= 4 is 6.08 Å². The van der Waals surface area contributed by atoms with Gasteiger partial charge in [0.25, 0.3) is 0 Å². The Kier molecular flexibility index (Phi) is 4.72. The summed E-state index contributed by atoms with van der Waals surface area (Å²) in [6.07, 6.45) is 15.9. The maximum atomic E-state index is 2.85. The quantitative estimate of drug-likeness (QED) is 0.737. The van der Waals surface area contributed by atoms with Crippen molar-refractivity contribution in [2.45, 2.75) is 50.6 Å². The summed E-state index contributed by atoms with van der Waals surface area (Å²) in [5.41, 5.74) is 3.11. The molecule has 3 fully saturated rings. The highest BCUT2D eigenvalue weighted by molar-refractivity contribution is 5.48. The lowest BCUT2D eigenvalue weighted by Gasteiger charge is -2.54. The number of piperidine rings is 3. The first kappa shape index (κ1) is 16.8. The zero-order valence-electron chi connectivity index (χ0n) is 15.9. The average Bonchev–Trinajstić information content (AvgIpc) is 2.69. The Balaban J connectivity index is 1.33. The first-order valence-electron chi connectivity index (χ1n) is 10.8. The van der Waals surface area contributed by atoms with Crippen molar-refractivity contribution in [1.82, 2.24) is 9.80 Å². The van der Waals surface area contributed by atoms with Gasteiger partial charge in [0.2, 0.25) is 0 Å². The zero-order valence-corrected chi connectivity index (χ0v) is 15.9. The predicted octanol–water partition coefficient (Wildman–Crippen LogP) is 4.59. The van der Waals surface area contributed by atoms with Gasteiger partial charge in [0, 0.05) is 25.2 Å². The van der Waals surface area contributed by atoms with Crippen molar-refractivity contribution in [2.24, 2.45) is 11.8 Å². The Bertz CT molecular complexity index is 677. The number of rotatable bonds is 3. The van der Waals surface area contributed by atoms with E-state index in [0.29, 0.717) is 6.04 Å². The topological polar surface area (TPSA) is 6.48 Å². The molecular formula is C24H32N2. The molecule has 0 amide bonds. The highest BCUT2D eigenvalue weighted by atomic mass is 15.2. The van der Waals surface area contributed by atoms with E-state index < -0.39 is 0 Å². The SMILES string of the molecule is C1=C2CCCN(C/C=C/c3ccccc3)[C@H]2[C@H]2C[C@H]1[C@H]1CCCCN1C2. The first-order chi connectivity index (χ1) is 12.9. The fraction of sp³-hybridized carbons (Fsp3) is 0.583. The van der Waals surface area contributed by atoms with Gasteiger partial charge in [-0.3, -0.25) is 9.80 Å². The van der Waals surface area contributed by atoms with Crippen LogP contribution in [0.5, 0.6) is 0 Å². The molecule has 4 atom stereocenters. The van der Waals surface area contributed by atoms with Crippen LogP contribution in [-0.4, -0.2) is 48.1 Å². The van der Waals surface area contributed by atoms with Gasteiger partial charge in [0.1, 0.15) is 0 Å². The summed E-state index contributed by atoms with van der Waals surface area (Å²) >= 11 is 0. The second kappa shape index (κ2) is 7.32. The zero-order chi connectivity index (χ0) is 17.3. The molecule has 26 heavy (non-hydrogen) atoms. The van der Waals surface area contributed by atoms with Crippen molar-refractivity contribution in [3.63, 3.8) is 0 Å². The van der Waals surface area contributed by atoms with Gasteiger partial charge in [-0.15, -0.1) is 0 Å². The Morgan fingerprint density at radius 3 is 2.88 bits per heavy atom. The summed E-state index contributed by atoms with van der Waals surface area (Å²) in [5, 5.41) is 0. The van der Waals surface area contributed by atoms with Crippen LogP contribution in [0.1, 0.15) is 44.1 Å². The highest BCUT2D eigenvalue weighted by Gasteiger charge is 2.45. The molecule has 1 aromatic carbocycles. The molecule has 0 unspecified atom stereocenters. The fourth-order valence-corrected chi connectivity index (χ4v) is 6.18. The minimum atomic E-state index is 0.711. The molecule has 5 rings (SSSR count). The summed E-state index contributed by atoms with van der Waals surface area (Å²) in [6.45, 7) is 5.07. The van der Waals surface area contributed by atoms with Gasteiger partial charge >= 0.3 is 0 Å². The van der Waals surface area contributed by atoms with Crippen LogP contribution in [0, 0.1) is 11.8 Å². The molecule has 138 valence electrons. The van der Waals surface area contributed by atoms with E-state index in [9.17, 15) is 0 Å². The molecule has 2 nitrogen and oxygen atoms in total. The van der Waals surface area contributed by atoms with Gasteiger partial charge in [-0.05, 0) is 62.6 Å². The second-order valence-corrected chi connectivity index (χ2v) is 8.82. The summed E-state index contributed by atoms with van der Waals surface area (Å²) in [7, 11) is 0. The molecule has 1 aromatic rings. The van der Waals surface area contributed by atoms with Gasteiger partial charge in [-0.1, -0.05) is 60.6 Å². The maximum Gasteiger partial charge on any atom is 0.0351 e. The summed E-state index contributed by atoms with van der Waals surface area (Å²) in [6, 6.07) is 12.3. The third-order valence-electron chi connectivity index (χ3n) is 7.21. The molecule has 3 heterocycles. The monoisotopic (exact) mass is 348 g/mol.